The highest BCUT2D eigenvalue weighted by atomic mass is 35.5. The Morgan fingerprint density at radius 1 is 1.30 bits per heavy atom. The fourth-order valence-corrected chi connectivity index (χ4v) is 4.26. The first-order valence-corrected chi connectivity index (χ1v) is 8.98. The Bertz CT molecular complexity index is 1060. The first-order chi connectivity index (χ1) is 12.9. The summed E-state index contributed by atoms with van der Waals surface area (Å²) in [7, 11) is 0. The van der Waals surface area contributed by atoms with Crippen LogP contribution < -0.4 is 5.73 Å². The van der Waals surface area contributed by atoms with Crippen LogP contribution in [-0.4, -0.2) is 26.0 Å². The van der Waals surface area contributed by atoms with Crippen molar-refractivity contribution in [1.82, 2.24) is 9.72 Å². The smallest absolute Gasteiger partial charge is 0.242 e. The Morgan fingerprint density at radius 3 is 2.70 bits per heavy atom. The third-order valence-electron chi connectivity index (χ3n) is 5.04. The number of phenols is 1. The number of fused-ring (bicyclic) bond motifs is 1. The van der Waals surface area contributed by atoms with E-state index in [2.05, 4.69) is 10.3 Å². The molecule has 0 unspecified atom stereocenters. The second-order valence-corrected chi connectivity index (χ2v) is 7.07. The van der Waals surface area contributed by atoms with Crippen LogP contribution in [0.2, 0.25) is 5.02 Å². The molecule has 4 N–H and O–H groups in total. The lowest BCUT2D eigenvalue weighted by atomic mass is 9.96. The van der Waals surface area contributed by atoms with Crippen molar-refractivity contribution in [2.24, 2.45) is 10.9 Å². The van der Waals surface area contributed by atoms with Gasteiger partial charge in [-0.15, -0.1) is 0 Å². The van der Waals surface area contributed by atoms with Crippen LogP contribution in [0.3, 0.4) is 0 Å². The first kappa shape index (κ1) is 17.5. The van der Waals surface area contributed by atoms with Gasteiger partial charge in [-0.2, -0.15) is 0 Å². The van der Waals surface area contributed by atoms with Crippen molar-refractivity contribution in [3.05, 3.63) is 45.9 Å². The second-order valence-electron chi connectivity index (χ2n) is 6.66. The maximum absolute atomic E-state index is 9.76. The van der Waals surface area contributed by atoms with Crippen molar-refractivity contribution >= 4 is 17.6 Å². The van der Waals surface area contributed by atoms with E-state index in [-0.39, 0.29) is 11.7 Å². The van der Waals surface area contributed by atoms with Crippen molar-refractivity contribution in [2.45, 2.75) is 33.1 Å². The zero-order valence-electron chi connectivity index (χ0n) is 15.0. The minimum Gasteiger partial charge on any atom is -0.508 e. The van der Waals surface area contributed by atoms with Crippen LogP contribution in [0.25, 0.3) is 22.4 Å². The molecule has 1 aromatic carbocycles. The van der Waals surface area contributed by atoms with Gasteiger partial charge < -0.3 is 20.6 Å². The van der Waals surface area contributed by atoms with Crippen LogP contribution in [0.1, 0.15) is 29.1 Å². The number of aromatic hydroxyl groups is 1. The number of halogens is 1. The molecule has 3 aromatic rings. The Balaban J connectivity index is 2.16. The maximum Gasteiger partial charge on any atom is 0.242 e. The molecule has 0 saturated heterocycles. The molecular weight excluding hydrogens is 368 g/mol. The van der Waals surface area contributed by atoms with Gasteiger partial charge in [0, 0.05) is 16.8 Å². The van der Waals surface area contributed by atoms with Gasteiger partial charge in [-0.25, -0.2) is 0 Å². The summed E-state index contributed by atoms with van der Waals surface area (Å²) < 4.78 is 7.14. The van der Waals surface area contributed by atoms with Crippen molar-refractivity contribution in [3.63, 3.8) is 0 Å². The Kier molecular flexibility index (Phi) is 4.11. The lowest BCUT2D eigenvalue weighted by molar-refractivity contribution is 0.316. The van der Waals surface area contributed by atoms with Crippen LogP contribution in [-0.2, 0) is 12.8 Å². The summed E-state index contributed by atoms with van der Waals surface area (Å²) in [4.78, 5) is 0. The van der Waals surface area contributed by atoms with E-state index in [1.54, 1.807) is 16.7 Å². The van der Waals surface area contributed by atoms with Crippen LogP contribution in [0.4, 0.5) is 0 Å². The molecule has 0 saturated carbocycles. The summed E-state index contributed by atoms with van der Waals surface area (Å²) in [6, 6.07) is 4.89. The quantitative estimate of drug-likeness (QED) is 0.268. The third-order valence-corrected chi connectivity index (χ3v) is 5.36. The van der Waals surface area contributed by atoms with Crippen LogP contribution in [0, 0.1) is 13.8 Å². The van der Waals surface area contributed by atoms with Gasteiger partial charge >= 0.3 is 0 Å². The average Bonchev–Trinajstić information content (AvgIpc) is 3.29. The molecule has 27 heavy (non-hydrogen) atoms. The minimum absolute atomic E-state index is 0.0238. The van der Waals surface area contributed by atoms with Crippen LogP contribution in [0.15, 0.2) is 27.9 Å². The average molecular weight is 387 g/mol. The van der Waals surface area contributed by atoms with Gasteiger partial charge in [-0.05, 0) is 56.9 Å². The van der Waals surface area contributed by atoms with E-state index in [1.807, 2.05) is 13.8 Å². The van der Waals surface area contributed by atoms with Gasteiger partial charge in [0.2, 0.25) is 5.96 Å². The number of hydrogen-bond acceptors (Lipinski definition) is 5. The Labute approximate surface area is 160 Å². The fraction of sp³-hybridized carbons (Fsp3) is 0.263. The van der Waals surface area contributed by atoms with E-state index in [9.17, 15) is 10.3 Å². The molecule has 8 heteroatoms. The largest absolute Gasteiger partial charge is 0.508 e. The molecule has 4 rings (SSSR count). The SMILES string of the molecule is Cc1noc(C)c1-c1c(-c2ccc(O)cc2Cl)c2c(n1C(N)=NO)CCC2. The summed E-state index contributed by atoms with van der Waals surface area (Å²) in [5.41, 5.74) is 12.0. The summed E-state index contributed by atoms with van der Waals surface area (Å²) in [5.74, 6) is 0.700. The standard InChI is InChI=1S/C19H19ClN4O3/c1-9-16(10(2)27-23-9)18-17(12-7-6-11(25)8-14(12)20)13-4-3-5-15(13)24(18)19(21)22-26/h6-8,25-26H,3-5H2,1-2H3,(H2,21,22). The van der Waals surface area contributed by atoms with Crippen LogP contribution in [0.5, 0.6) is 5.75 Å². The van der Waals surface area contributed by atoms with Gasteiger partial charge in [0.1, 0.15) is 11.5 Å². The molecule has 0 fully saturated rings. The van der Waals surface area contributed by atoms with Gasteiger partial charge in [-0.3, -0.25) is 4.57 Å². The number of phenolic OH excluding ortho intramolecular Hbond substituents is 1. The summed E-state index contributed by atoms with van der Waals surface area (Å²) in [6.07, 6.45) is 2.62. The second kappa shape index (κ2) is 6.35. The van der Waals surface area contributed by atoms with E-state index in [0.717, 1.165) is 52.9 Å². The number of aryl methyl sites for hydroxylation is 2. The predicted octanol–water partition coefficient (Wildman–Crippen LogP) is 3.83. The third kappa shape index (κ3) is 2.57. The molecule has 0 aliphatic heterocycles. The van der Waals surface area contributed by atoms with E-state index in [4.69, 9.17) is 21.9 Å². The first-order valence-electron chi connectivity index (χ1n) is 8.60. The normalized spacial score (nSPS) is 14.0. The summed E-state index contributed by atoms with van der Waals surface area (Å²) in [6.45, 7) is 3.68. The van der Waals surface area contributed by atoms with Crippen molar-refractivity contribution < 1.29 is 14.8 Å². The van der Waals surface area contributed by atoms with Gasteiger partial charge in [0.05, 0.1) is 22.0 Å². The van der Waals surface area contributed by atoms with E-state index in [0.29, 0.717) is 16.5 Å². The molecule has 1 aliphatic carbocycles. The number of rotatable bonds is 2. The van der Waals surface area contributed by atoms with Gasteiger partial charge in [0.25, 0.3) is 0 Å². The molecule has 7 nitrogen and oxygen atoms in total. The van der Waals surface area contributed by atoms with Crippen molar-refractivity contribution in [2.75, 3.05) is 0 Å². The molecule has 2 heterocycles. The van der Waals surface area contributed by atoms with Crippen molar-refractivity contribution in [3.8, 4) is 28.1 Å². The molecule has 0 amide bonds. The molecule has 0 bridgehead atoms. The monoisotopic (exact) mass is 386 g/mol. The highest BCUT2D eigenvalue weighted by molar-refractivity contribution is 6.33. The summed E-state index contributed by atoms with van der Waals surface area (Å²) >= 11 is 6.48. The van der Waals surface area contributed by atoms with E-state index in [1.165, 1.54) is 6.07 Å². The van der Waals surface area contributed by atoms with Gasteiger partial charge in [0.15, 0.2) is 0 Å². The minimum atomic E-state index is -0.0238. The zero-order chi connectivity index (χ0) is 19.3. The topological polar surface area (TPSA) is 110 Å². The zero-order valence-corrected chi connectivity index (χ0v) is 15.7. The van der Waals surface area contributed by atoms with Crippen LogP contribution >= 0.6 is 11.6 Å². The number of aromatic nitrogens is 2. The number of nitrogens with zero attached hydrogens (tertiary/aromatic N) is 3. The fourth-order valence-electron chi connectivity index (χ4n) is 3.99. The number of nitrogens with two attached hydrogens (primary N) is 1. The summed E-state index contributed by atoms with van der Waals surface area (Å²) in [5, 5.41) is 26.9. The predicted molar refractivity (Wildman–Crippen MR) is 102 cm³/mol. The Hall–Kier alpha value is -2.93. The highest BCUT2D eigenvalue weighted by Crippen LogP contribution is 2.46. The molecule has 2 aromatic heterocycles. The lowest BCUT2D eigenvalue weighted by Crippen LogP contribution is -2.25. The van der Waals surface area contributed by atoms with E-state index >= 15 is 0 Å². The number of hydrogen-bond donors (Lipinski definition) is 3. The van der Waals surface area contributed by atoms with Crippen molar-refractivity contribution in [1.29, 1.82) is 0 Å². The molecule has 0 spiro atoms. The molecule has 140 valence electrons. The number of oxime groups is 1. The maximum atomic E-state index is 9.76. The lowest BCUT2D eigenvalue weighted by Gasteiger charge is -2.14. The molecular formula is C19H19ClN4O3. The Morgan fingerprint density at radius 2 is 2.07 bits per heavy atom. The van der Waals surface area contributed by atoms with E-state index < -0.39 is 0 Å². The molecule has 1 aliphatic rings. The molecule has 0 radical (unpaired) electrons. The highest BCUT2D eigenvalue weighted by Gasteiger charge is 2.32. The molecule has 0 atom stereocenters. The van der Waals surface area contributed by atoms with Gasteiger partial charge in [-0.1, -0.05) is 21.9 Å². The number of benzene rings is 1.